The van der Waals surface area contributed by atoms with Crippen molar-refractivity contribution >= 4 is 16.1 Å². The van der Waals surface area contributed by atoms with Crippen LogP contribution in [0.3, 0.4) is 0 Å². The SMILES string of the molecule is COC1(OC)CC(C(=O)OCOS(=O)(=O)C(F)(F)F)(C(C)C)C1. The summed E-state index contributed by atoms with van der Waals surface area (Å²) in [5.74, 6) is -2.07. The highest BCUT2D eigenvalue weighted by Crippen LogP contribution is 2.55. The third kappa shape index (κ3) is 3.78. The van der Waals surface area contributed by atoms with Crippen molar-refractivity contribution < 1.29 is 44.8 Å². The van der Waals surface area contributed by atoms with Gasteiger partial charge in [-0.25, -0.2) is 4.18 Å². The third-order valence-corrected chi connectivity index (χ3v) is 5.08. The minimum absolute atomic E-state index is 0.134. The van der Waals surface area contributed by atoms with Gasteiger partial charge in [0.05, 0.1) is 5.41 Å². The van der Waals surface area contributed by atoms with Crippen LogP contribution in [0.4, 0.5) is 13.2 Å². The lowest BCUT2D eigenvalue weighted by Gasteiger charge is -2.54. The molecule has 0 N–H and O–H groups in total. The van der Waals surface area contributed by atoms with Gasteiger partial charge in [0.2, 0.25) is 6.79 Å². The van der Waals surface area contributed by atoms with Gasteiger partial charge >= 0.3 is 21.6 Å². The van der Waals surface area contributed by atoms with Gasteiger partial charge in [0, 0.05) is 27.1 Å². The van der Waals surface area contributed by atoms with E-state index in [1.807, 2.05) is 0 Å². The zero-order chi connectivity index (χ0) is 18.1. The number of hydrogen-bond acceptors (Lipinski definition) is 7. The zero-order valence-electron chi connectivity index (χ0n) is 13.1. The Morgan fingerprint density at radius 1 is 1.17 bits per heavy atom. The molecule has 23 heavy (non-hydrogen) atoms. The number of halogens is 3. The molecule has 0 atom stereocenters. The third-order valence-electron chi connectivity index (χ3n) is 4.10. The summed E-state index contributed by atoms with van der Waals surface area (Å²) < 4.78 is 76.3. The molecule has 0 bridgehead atoms. The molecule has 0 heterocycles. The van der Waals surface area contributed by atoms with E-state index in [4.69, 9.17) is 9.47 Å². The first-order valence-corrected chi connectivity index (χ1v) is 8.00. The van der Waals surface area contributed by atoms with E-state index in [1.54, 1.807) is 13.8 Å². The fourth-order valence-electron chi connectivity index (χ4n) is 2.42. The second kappa shape index (κ2) is 6.54. The number of methoxy groups -OCH3 is 2. The Bertz CT molecular complexity index is 529. The minimum atomic E-state index is -5.81. The normalized spacial score (nSPS) is 20.2. The minimum Gasteiger partial charge on any atom is -0.437 e. The predicted octanol–water partition coefficient (Wildman–Crippen LogP) is 1.78. The molecule has 0 aromatic carbocycles. The highest BCUT2D eigenvalue weighted by Gasteiger charge is 2.62. The van der Waals surface area contributed by atoms with Crippen LogP contribution >= 0.6 is 0 Å². The van der Waals surface area contributed by atoms with E-state index >= 15 is 0 Å². The maximum absolute atomic E-state index is 12.2. The molecule has 0 unspecified atom stereocenters. The summed E-state index contributed by atoms with van der Waals surface area (Å²) in [7, 11) is -3.00. The van der Waals surface area contributed by atoms with Gasteiger partial charge < -0.3 is 14.2 Å². The van der Waals surface area contributed by atoms with Crippen molar-refractivity contribution in [2.45, 2.75) is 38.0 Å². The van der Waals surface area contributed by atoms with Crippen LogP contribution in [-0.4, -0.2) is 46.7 Å². The van der Waals surface area contributed by atoms with Gasteiger partial charge in [0.25, 0.3) is 0 Å². The van der Waals surface area contributed by atoms with Gasteiger partial charge in [0.15, 0.2) is 5.79 Å². The molecule has 0 aliphatic heterocycles. The average Bonchev–Trinajstić information content (AvgIpc) is 2.37. The molecule has 1 aliphatic carbocycles. The topological polar surface area (TPSA) is 88.1 Å². The van der Waals surface area contributed by atoms with Crippen LogP contribution in [0.2, 0.25) is 0 Å². The second-order valence-corrected chi connectivity index (χ2v) is 7.16. The number of carbonyl (C=O) groups excluding carboxylic acids is 1. The molecule has 1 saturated carbocycles. The van der Waals surface area contributed by atoms with Gasteiger partial charge in [-0.15, -0.1) is 0 Å². The fourth-order valence-corrected chi connectivity index (χ4v) is 2.73. The maximum Gasteiger partial charge on any atom is 0.523 e. The molecule has 0 amide bonds. The summed E-state index contributed by atoms with van der Waals surface area (Å²) in [5.41, 5.74) is -6.62. The molecule has 0 aromatic heterocycles. The summed E-state index contributed by atoms with van der Waals surface area (Å²) >= 11 is 0. The molecular formula is C12H19F3O7S. The van der Waals surface area contributed by atoms with E-state index in [0.29, 0.717) is 0 Å². The van der Waals surface area contributed by atoms with Crippen LogP contribution in [0, 0.1) is 11.3 Å². The first kappa shape index (κ1) is 20.1. The molecule has 0 saturated heterocycles. The number of alkyl halides is 3. The van der Waals surface area contributed by atoms with E-state index in [0.717, 1.165) is 0 Å². The van der Waals surface area contributed by atoms with E-state index < -0.39 is 39.6 Å². The van der Waals surface area contributed by atoms with Crippen LogP contribution < -0.4 is 0 Å². The van der Waals surface area contributed by atoms with Crippen molar-refractivity contribution in [3.63, 3.8) is 0 Å². The predicted molar refractivity (Wildman–Crippen MR) is 70.3 cm³/mol. The Balaban J connectivity index is 2.70. The summed E-state index contributed by atoms with van der Waals surface area (Å²) in [4.78, 5) is 12.2. The Morgan fingerprint density at radius 2 is 1.65 bits per heavy atom. The van der Waals surface area contributed by atoms with E-state index in [9.17, 15) is 26.4 Å². The van der Waals surface area contributed by atoms with Crippen molar-refractivity contribution in [1.82, 2.24) is 0 Å². The molecule has 0 spiro atoms. The smallest absolute Gasteiger partial charge is 0.437 e. The van der Waals surface area contributed by atoms with Crippen LogP contribution in [-0.2, 0) is 33.3 Å². The largest absolute Gasteiger partial charge is 0.523 e. The lowest BCUT2D eigenvalue weighted by Crippen LogP contribution is -2.60. The molecule has 1 rings (SSSR count). The molecular weight excluding hydrogens is 345 g/mol. The Labute approximate surface area is 132 Å². The summed E-state index contributed by atoms with van der Waals surface area (Å²) in [6, 6.07) is 0. The van der Waals surface area contributed by atoms with Gasteiger partial charge in [-0.05, 0) is 5.92 Å². The standard InChI is InChI=1S/C12H19F3O7S/c1-8(2)10(5-11(6-10,19-3)20-4)9(16)21-7-22-23(17,18)12(13,14)15/h8H,5-7H2,1-4H3. The summed E-state index contributed by atoms with van der Waals surface area (Å²) in [5, 5.41) is 0. The lowest BCUT2D eigenvalue weighted by molar-refractivity contribution is -0.304. The monoisotopic (exact) mass is 364 g/mol. The highest BCUT2D eigenvalue weighted by molar-refractivity contribution is 7.87. The first-order chi connectivity index (χ1) is 10.4. The molecule has 0 aromatic rings. The maximum atomic E-state index is 12.2. The first-order valence-electron chi connectivity index (χ1n) is 6.59. The molecule has 7 nitrogen and oxygen atoms in total. The number of carbonyl (C=O) groups is 1. The second-order valence-electron chi connectivity index (χ2n) is 5.55. The Kier molecular flexibility index (Phi) is 5.72. The van der Waals surface area contributed by atoms with Crippen molar-refractivity contribution in [1.29, 1.82) is 0 Å². The molecule has 11 heteroatoms. The van der Waals surface area contributed by atoms with Gasteiger partial charge in [0.1, 0.15) is 0 Å². The quantitative estimate of drug-likeness (QED) is 0.294. The van der Waals surface area contributed by atoms with Crippen molar-refractivity contribution in [3.05, 3.63) is 0 Å². The van der Waals surface area contributed by atoms with Crippen molar-refractivity contribution in [2.24, 2.45) is 11.3 Å². The summed E-state index contributed by atoms with van der Waals surface area (Å²) in [6.07, 6.45) is 0.269. The Hall–Kier alpha value is -0.910. The highest BCUT2D eigenvalue weighted by atomic mass is 32.2. The van der Waals surface area contributed by atoms with Gasteiger partial charge in [-0.2, -0.15) is 21.6 Å². The van der Waals surface area contributed by atoms with E-state index in [1.165, 1.54) is 14.2 Å². The fraction of sp³-hybridized carbons (Fsp3) is 0.917. The number of hydrogen-bond donors (Lipinski definition) is 0. The molecule has 136 valence electrons. The Morgan fingerprint density at radius 3 is 2.00 bits per heavy atom. The average molecular weight is 364 g/mol. The lowest BCUT2D eigenvalue weighted by atomic mass is 9.58. The van der Waals surface area contributed by atoms with Crippen LogP contribution in [0.1, 0.15) is 26.7 Å². The van der Waals surface area contributed by atoms with Crippen molar-refractivity contribution in [3.8, 4) is 0 Å². The van der Waals surface area contributed by atoms with Crippen LogP contribution in [0.15, 0.2) is 0 Å². The molecule has 0 radical (unpaired) electrons. The molecule has 1 aliphatic rings. The number of rotatable bonds is 7. The molecule has 1 fully saturated rings. The van der Waals surface area contributed by atoms with Gasteiger partial charge in [-0.1, -0.05) is 13.8 Å². The van der Waals surface area contributed by atoms with Crippen LogP contribution in [0.5, 0.6) is 0 Å². The van der Waals surface area contributed by atoms with Crippen molar-refractivity contribution in [2.75, 3.05) is 21.0 Å². The van der Waals surface area contributed by atoms with E-state index in [-0.39, 0.29) is 18.8 Å². The summed E-state index contributed by atoms with van der Waals surface area (Å²) in [6.45, 7) is 2.11. The van der Waals surface area contributed by atoms with Gasteiger partial charge in [-0.3, -0.25) is 4.79 Å². The van der Waals surface area contributed by atoms with Crippen LogP contribution in [0.25, 0.3) is 0 Å². The number of esters is 1. The zero-order valence-corrected chi connectivity index (χ0v) is 13.9. The number of ether oxygens (including phenoxy) is 3. The van der Waals surface area contributed by atoms with E-state index in [2.05, 4.69) is 8.92 Å².